The van der Waals surface area contributed by atoms with Gasteiger partial charge < -0.3 is 35.7 Å². The van der Waals surface area contributed by atoms with Crippen molar-refractivity contribution >= 4 is 38.1 Å². The van der Waals surface area contributed by atoms with Crippen molar-refractivity contribution < 1.29 is 56.8 Å². The third-order valence-electron chi connectivity index (χ3n) is 9.05. The maximum atomic E-state index is 13.4. The Kier molecular flexibility index (Phi) is 17.6. The number of aliphatic hydroxyl groups is 2. The van der Waals surface area contributed by atoms with Crippen LogP contribution in [0.4, 0.5) is 4.79 Å². The molecular formula is C45H50N6O12S2. The predicted octanol–water partition coefficient (Wildman–Crippen LogP) is 5.52. The highest BCUT2D eigenvalue weighted by Crippen LogP contribution is 2.32. The lowest BCUT2D eigenvalue weighted by Gasteiger charge is -2.27. The van der Waals surface area contributed by atoms with Crippen molar-refractivity contribution in [3.8, 4) is 22.5 Å². The van der Waals surface area contributed by atoms with Crippen molar-refractivity contribution in [3.05, 3.63) is 157 Å². The third kappa shape index (κ3) is 13.8. The minimum Gasteiger partial charge on any atom is -0.478 e. The molecule has 0 unspecified atom stereocenters. The molecule has 20 heteroatoms. The Bertz CT molecular complexity index is 2800. The number of hydrogen-bond acceptors (Lipinski definition) is 12. The van der Waals surface area contributed by atoms with Crippen molar-refractivity contribution in [2.45, 2.75) is 56.9 Å². The summed E-state index contributed by atoms with van der Waals surface area (Å²) in [6, 6.07) is 23.7. The van der Waals surface area contributed by atoms with Crippen molar-refractivity contribution in [1.82, 2.24) is 28.1 Å². The second-order valence-corrected chi connectivity index (χ2v) is 18.9. The van der Waals surface area contributed by atoms with E-state index in [1.54, 1.807) is 61.8 Å². The number of carboxylic acid groups (broad SMARTS) is 3. The largest absolute Gasteiger partial charge is 0.478 e. The first-order valence-corrected chi connectivity index (χ1v) is 22.5. The van der Waals surface area contributed by atoms with Gasteiger partial charge in [0.05, 0.1) is 31.1 Å². The van der Waals surface area contributed by atoms with Crippen molar-refractivity contribution in [2.24, 2.45) is 5.41 Å². The van der Waals surface area contributed by atoms with Crippen LogP contribution in [0, 0.1) is 5.41 Å². The number of amides is 1. The number of carbonyl (C=O) groups is 3. The lowest BCUT2D eigenvalue weighted by Crippen LogP contribution is -2.36. The first kappa shape index (κ1) is 50.7. The molecule has 0 fully saturated rings. The molecule has 0 saturated carbocycles. The molecule has 1 amide bonds. The summed E-state index contributed by atoms with van der Waals surface area (Å²) in [7, 11) is -6.00. The molecule has 6 N–H and O–H groups in total. The van der Waals surface area contributed by atoms with Crippen LogP contribution in [0.3, 0.4) is 0 Å². The second-order valence-electron chi connectivity index (χ2n) is 15.3. The highest BCUT2D eigenvalue weighted by molar-refractivity contribution is 7.90. The van der Waals surface area contributed by atoms with Gasteiger partial charge in [0.25, 0.3) is 20.0 Å². The second kappa shape index (κ2) is 22.6. The molecule has 0 saturated heterocycles. The van der Waals surface area contributed by atoms with Crippen molar-refractivity contribution in [1.29, 1.82) is 0 Å². The molecule has 0 aliphatic carbocycles. The van der Waals surface area contributed by atoms with E-state index in [1.165, 1.54) is 58.1 Å². The molecule has 0 spiro atoms. The van der Waals surface area contributed by atoms with Crippen molar-refractivity contribution in [3.63, 3.8) is 0 Å². The van der Waals surface area contributed by atoms with Gasteiger partial charge in [-0.25, -0.2) is 39.2 Å². The number of aliphatic carboxylic acids is 2. The Balaban J connectivity index is 0.000000249. The molecule has 0 aliphatic heterocycles. The van der Waals surface area contributed by atoms with Crippen LogP contribution in [0.2, 0.25) is 0 Å². The third-order valence-corrected chi connectivity index (χ3v) is 12.4. The van der Waals surface area contributed by atoms with Gasteiger partial charge in [-0.15, -0.1) is 0 Å². The monoisotopic (exact) mass is 930 g/mol. The normalized spacial score (nSPS) is 11.5. The fourth-order valence-corrected chi connectivity index (χ4v) is 9.05. The van der Waals surface area contributed by atoms with Gasteiger partial charge >= 0.3 is 18.0 Å². The quantitative estimate of drug-likeness (QED) is 0.0693. The standard InChI is InChI=1S/C23H27N3O5S.C18H19N3O3S.C4H4O4/c1-23(2,3)16-25(22(28)29)13-17-11-21(20-9-5-4-7-18(20)15-27)26(14-17)32(30,31)19-8-6-10-24-12-19;1-19-10-14-9-18(17-7-3-2-5-15(17)13-22)21(12-14)25(23,24)16-6-4-8-20-11-16;5-3(6)1-2-4(7)8/h4-12,14,27H,13,15-16H2,1-3H3,(H,28,29);2-9,11-12,19,22H,10,13H2,1H3;1-2H,(H,5,6)(H,7,8). The van der Waals surface area contributed by atoms with Crippen LogP contribution in [0.5, 0.6) is 0 Å². The molecule has 6 aromatic rings. The zero-order chi connectivity index (χ0) is 48.0. The van der Waals surface area contributed by atoms with Gasteiger partial charge in [0.15, 0.2) is 0 Å². The number of nitrogens with one attached hydrogen (secondary N) is 1. The average Bonchev–Trinajstić information content (AvgIpc) is 3.92. The fraction of sp³-hybridized carbons (Fsp3) is 0.222. The number of carboxylic acids is 2. The highest BCUT2D eigenvalue weighted by Gasteiger charge is 2.27. The Labute approximate surface area is 376 Å². The molecule has 4 heterocycles. The van der Waals surface area contributed by atoms with Crippen molar-refractivity contribution in [2.75, 3.05) is 13.6 Å². The first-order valence-electron chi connectivity index (χ1n) is 19.6. The van der Waals surface area contributed by atoms with Crippen LogP contribution in [0.25, 0.3) is 22.5 Å². The van der Waals surface area contributed by atoms with E-state index in [2.05, 4.69) is 15.3 Å². The fourth-order valence-electron chi connectivity index (χ4n) is 6.34. The van der Waals surface area contributed by atoms with Gasteiger partial charge in [0.1, 0.15) is 9.79 Å². The molecule has 0 bridgehead atoms. The first-order chi connectivity index (χ1) is 30.7. The van der Waals surface area contributed by atoms with Crippen LogP contribution in [0.1, 0.15) is 43.0 Å². The minimum atomic E-state index is -4.01. The number of nitrogens with zero attached hydrogens (tertiary/aromatic N) is 5. The summed E-state index contributed by atoms with van der Waals surface area (Å²) in [4.78, 5) is 40.1. The van der Waals surface area contributed by atoms with E-state index in [-0.39, 0.29) is 41.5 Å². The SMILES string of the molecule is CC(C)(C)CN(Cc1cc(-c2ccccc2CO)n(S(=O)(=O)c2cccnc2)c1)C(=O)O.CNCc1cc(-c2ccccc2CO)n(S(=O)(=O)c2cccnc2)c1.O=C(O)C=CC(=O)O. The topological polar surface area (TPSA) is 272 Å². The maximum Gasteiger partial charge on any atom is 0.407 e. The van der Waals surface area contributed by atoms with Gasteiger partial charge in [-0.3, -0.25) is 9.97 Å². The highest BCUT2D eigenvalue weighted by atomic mass is 32.2. The number of hydrogen-bond donors (Lipinski definition) is 6. The van der Waals surface area contributed by atoms with Crippen LogP contribution < -0.4 is 5.32 Å². The maximum absolute atomic E-state index is 13.4. The van der Waals surface area contributed by atoms with Gasteiger partial charge in [0, 0.05) is 73.5 Å². The predicted molar refractivity (Wildman–Crippen MR) is 240 cm³/mol. The molecule has 2 aromatic carbocycles. The summed E-state index contributed by atoms with van der Waals surface area (Å²) < 4.78 is 55.4. The van der Waals surface area contributed by atoms with E-state index in [0.29, 0.717) is 57.9 Å². The summed E-state index contributed by atoms with van der Waals surface area (Å²) in [5, 5.41) is 47.7. The number of pyridine rings is 2. The molecule has 65 heavy (non-hydrogen) atoms. The summed E-state index contributed by atoms with van der Waals surface area (Å²) in [5.74, 6) is -2.51. The Morgan fingerprint density at radius 1 is 0.677 bits per heavy atom. The van der Waals surface area contributed by atoms with E-state index in [0.717, 1.165) is 9.54 Å². The van der Waals surface area contributed by atoms with E-state index in [9.17, 15) is 46.5 Å². The number of aliphatic hydroxyl groups excluding tert-OH is 2. The Hall–Kier alpha value is -6.97. The van der Waals surface area contributed by atoms with E-state index >= 15 is 0 Å². The molecule has 4 aromatic heterocycles. The van der Waals surface area contributed by atoms with E-state index < -0.39 is 38.1 Å². The smallest absolute Gasteiger partial charge is 0.407 e. The summed E-state index contributed by atoms with van der Waals surface area (Å²) >= 11 is 0. The molecule has 6 rings (SSSR count). The van der Waals surface area contributed by atoms with Gasteiger partial charge in [-0.05, 0) is 71.1 Å². The molecular weight excluding hydrogens is 881 g/mol. The molecule has 18 nitrogen and oxygen atoms in total. The summed E-state index contributed by atoms with van der Waals surface area (Å²) in [6.45, 7) is 6.20. The van der Waals surface area contributed by atoms with E-state index in [4.69, 9.17) is 10.2 Å². The van der Waals surface area contributed by atoms with E-state index in [1.807, 2.05) is 39.0 Å². The number of rotatable bonds is 15. The Morgan fingerprint density at radius 3 is 1.48 bits per heavy atom. The van der Waals surface area contributed by atoms with Crippen LogP contribution >= 0.6 is 0 Å². The molecule has 0 aliphatic rings. The average molecular weight is 931 g/mol. The molecule has 0 atom stereocenters. The zero-order valence-corrected chi connectivity index (χ0v) is 37.5. The lowest BCUT2D eigenvalue weighted by atomic mass is 9.96. The van der Waals surface area contributed by atoms with Gasteiger partial charge in [0.2, 0.25) is 0 Å². The van der Waals surface area contributed by atoms with Gasteiger partial charge in [-0.1, -0.05) is 69.3 Å². The van der Waals surface area contributed by atoms with Crippen LogP contribution in [0.15, 0.2) is 144 Å². The minimum absolute atomic E-state index is 0.00895. The lowest BCUT2D eigenvalue weighted by molar-refractivity contribution is -0.134. The molecule has 0 radical (unpaired) electrons. The summed E-state index contributed by atoms with van der Waals surface area (Å²) in [6.07, 6.45) is 8.68. The van der Waals surface area contributed by atoms with Crippen LogP contribution in [-0.2, 0) is 55.9 Å². The molecule has 344 valence electrons. The number of benzene rings is 2. The summed E-state index contributed by atoms with van der Waals surface area (Å²) in [5.41, 5.74) is 4.39. The number of aromatic nitrogens is 4. The Morgan fingerprint density at radius 2 is 1.11 bits per heavy atom. The van der Waals surface area contributed by atoms with Gasteiger partial charge in [-0.2, -0.15) is 0 Å². The van der Waals surface area contributed by atoms with Crippen LogP contribution in [-0.4, -0.2) is 96.8 Å². The zero-order valence-electron chi connectivity index (χ0n) is 35.9.